The molecule has 0 bridgehead atoms. The van der Waals surface area contributed by atoms with E-state index in [1.165, 1.54) is 0 Å². The molecule has 7 heteroatoms. The molecule has 1 aliphatic rings. The molecular formula is C5H6F4O2S. The Morgan fingerprint density at radius 3 is 2.08 bits per heavy atom. The zero-order valence-corrected chi connectivity index (χ0v) is 6.62. The van der Waals surface area contributed by atoms with Crippen molar-refractivity contribution in [2.75, 3.05) is 12.4 Å². The highest BCUT2D eigenvalue weighted by Crippen LogP contribution is 2.36. The van der Waals surface area contributed by atoms with Crippen molar-refractivity contribution < 1.29 is 26.0 Å². The largest absolute Gasteiger partial charge is 0.247 e. The maximum absolute atomic E-state index is 12.8. The predicted molar refractivity (Wildman–Crippen MR) is 33.4 cm³/mol. The van der Waals surface area contributed by atoms with E-state index >= 15 is 0 Å². The monoisotopic (exact) mass is 206 g/mol. The van der Waals surface area contributed by atoms with Crippen LogP contribution in [0.15, 0.2) is 0 Å². The van der Waals surface area contributed by atoms with Crippen LogP contribution in [0.5, 0.6) is 0 Å². The van der Waals surface area contributed by atoms with Gasteiger partial charge in [0.25, 0.3) is 0 Å². The number of alkyl halides is 4. The molecule has 3 atom stereocenters. The molecule has 1 fully saturated rings. The van der Waals surface area contributed by atoms with Crippen molar-refractivity contribution in [1.29, 1.82) is 0 Å². The van der Waals surface area contributed by atoms with E-state index in [0.717, 1.165) is 0 Å². The first-order valence-corrected chi connectivity index (χ1v) is 4.79. The Bertz CT molecular complexity index is 277. The van der Waals surface area contributed by atoms with Gasteiger partial charge in [0.1, 0.15) is 6.67 Å². The van der Waals surface area contributed by atoms with Crippen LogP contribution in [-0.4, -0.2) is 38.2 Å². The molecule has 0 amide bonds. The van der Waals surface area contributed by atoms with E-state index in [2.05, 4.69) is 0 Å². The lowest BCUT2D eigenvalue weighted by atomic mass is 10.1. The Morgan fingerprint density at radius 1 is 1.42 bits per heavy atom. The van der Waals surface area contributed by atoms with Gasteiger partial charge < -0.3 is 0 Å². The van der Waals surface area contributed by atoms with Gasteiger partial charge in [0.2, 0.25) is 5.50 Å². The first kappa shape index (κ1) is 9.76. The molecule has 0 aromatic carbocycles. The molecule has 0 aromatic rings. The Kier molecular flexibility index (Phi) is 2.10. The van der Waals surface area contributed by atoms with Gasteiger partial charge in [-0.2, -0.15) is 0 Å². The van der Waals surface area contributed by atoms with E-state index in [1.54, 1.807) is 0 Å². The maximum atomic E-state index is 12.8. The standard InChI is InChI=1S/C5H6F4O2S/c6-1-5(9)2-12(10,11)4(8)3(5)7/h3-4H,1-2H2. The molecule has 3 unspecified atom stereocenters. The Balaban J connectivity index is 3.04. The molecule has 0 radical (unpaired) electrons. The average Bonchev–Trinajstić information content (AvgIpc) is 2.13. The third-order valence-electron chi connectivity index (χ3n) is 1.73. The third kappa shape index (κ3) is 1.19. The summed E-state index contributed by atoms with van der Waals surface area (Å²) in [4.78, 5) is 0. The molecule has 1 saturated heterocycles. The predicted octanol–water partition coefficient (Wildman–Crippen LogP) is 0.726. The van der Waals surface area contributed by atoms with Crippen LogP contribution in [0.3, 0.4) is 0 Å². The van der Waals surface area contributed by atoms with Crippen molar-refractivity contribution in [1.82, 2.24) is 0 Å². The van der Waals surface area contributed by atoms with Gasteiger partial charge in [0.15, 0.2) is 21.7 Å². The highest BCUT2D eigenvalue weighted by molar-refractivity contribution is 7.92. The van der Waals surface area contributed by atoms with Crippen LogP contribution in [0.1, 0.15) is 0 Å². The lowest BCUT2D eigenvalue weighted by Crippen LogP contribution is -2.37. The van der Waals surface area contributed by atoms with Gasteiger partial charge in [-0.15, -0.1) is 0 Å². The third-order valence-corrected chi connectivity index (χ3v) is 3.54. The Hall–Kier alpha value is -0.330. The topological polar surface area (TPSA) is 34.1 Å². The number of sulfone groups is 1. The molecule has 0 aliphatic carbocycles. The molecule has 0 aromatic heterocycles. The zero-order chi connectivity index (χ0) is 9.57. The molecule has 1 rings (SSSR count). The molecule has 72 valence electrons. The summed E-state index contributed by atoms with van der Waals surface area (Å²) in [6.45, 7) is -1.83. The van der Waals surface area contributed by atoms with Crippen molar-refractivity contribution in [2.24, 2.45) is 0 Å². The summed E-state index contributed by atoms with van der Waals surface area (Å²) in [5.74, 6) is -1.42. The van der Waals surface area contributed by atoms with Gasteiger partial charge in [0, 0.05) is 0 Å². The summed E-state index contributed by atoms with van der Waals surface area (Å²) in [5.41, 5.74) is -6.13. The highest BCUT2D eigenvalue weighted by atomic mass is 32.2. The Labute approximate surface area is 66.5 Å². The lowest BCUT2D eigenvalue weighted by molar-refractivity contribution is 0.0357. The van der Waals surface area contributed by atoms with Crippen LogP contribution in [0, 0.1) is 0 Å². The number of halogens is 4. The van der Waals surface area contributed by atoms with Gasteiger partial charge in [0.05, 0.1) is 5.75 Å². The van der Waals surface area contributed by atoms with Gasteiger partial charge >= 0.3 is 0 Å². The number of hydrogen-bond acceptors (Lipinski definition) is 2. The van der Waals surface area contributed by atoms with Crippen molar-refractivity contribution in [3.63, 3.8) is 0 Å². The minimum absolute atomic E-state index is 1.42. The SMILES string of the molecule is O=S1(=O)CC(F)(CF)C(F)C1F. The van der Waals surface area contributed by atoms with Gasteiger partial charge in [-0.1, -0.05) is 0 Å². The fourth-order valence-corrected chi connectivity index (χ4v) is 2.70. The molecular weight excluding hydrogens is 200 g/mol. The van der Waals surface area contributed by atoms with E-state index < -0.39 is 39.6 Å². The summed E-state index contributed by atoms with van der Waals surface area (Å²) in [7, 11) is -4.45. The second kappa shape index (κ2) is 2.58. The molecule has 12 heavy (non-hydrogen) atoms. The minimum Gasteiger partial charge on any atom is -0.247 e. The van der Waals surface area contributed by atoms with Crippen LogP contribution >= 0.6 is 0 Å². The van der Waals surface area contributed by atoms with Crippen molar-refractivity contribution >= 4 is 9.84 Å². The molecule has 0 saturated carbocycles. The molecule has 1 heterocycles. The van der Waals surface area contributed by atoms with Crippen LogP contribution in [-0.2, 0) is 9.84 Å². The van der Waals surface area contributed by atoms with E-state index in [0.29, 0.717) is 0 Å². The molecule has 0 N–H and O–H groups in total. The summed E-state index contributed by atoms with van der Waals surface area (Å²) >= 11 is 0. The fourth-order valence-electron chi connectivity index (χ4n) is 1.02. The minimum atomic E-state index is -4.45. The van der Waals surface area contributed by atoms with Gasteiger partial charge in [-0.3, -0.25) is 0 Å². The second-order valence-corrected chi connectivity index (χ2v) is 4.79. The average molecular weight is 206 g/mol. The summed E-state index contributed by atoms with van der Waals surface area (Å²) < 4.78 is 70.6. The quantitative estimate of drug-likeness (QED) is 0.592. The molecule has 2 nitrogen and oxygen atoms in total. The number of hydrogen-bond donors (Lipinski definition) is 0. The molecule has 1 aliphatic heterocycles. The fraction of sp³-hybridized carbons (Fsp3) is 1.00. The maximum Gasteiger partial charge on any atom is 0.235 e. The van der Waals surface area contributed by atoms with Crippen molar-refractivity contribution in [3.05, 3.63) is 0 Å². The lowest BCUT2D eigenvalue weighted by Gasteiger charge is -2.14. The van der Waals surface area contributed by atoms with Crippen LogP contribution in [0.2, 0.25) is 0 Å². The first-order valence-electron chi connectivity index (χ1n) is 3.08. The van der Waals surface area contributed by atoms with E-state index in [-0.39, 0.29) is 0 Å². The highest BCUT2D eigenvalue weighted by Gasteiger charge is 2.60. The summed E-state index contributed by atoms with van der Waals surface area (Å²) in [6, 6.07) is 0. The van der Waals surface area contributed by atoms with Crippen molar-refractivity contribution in [2.45, 2.75) is 17.3 Å². The van der Waals surface area contributed by atoms with E-state index in [9.17, 15) is 26.0 Å². The van der Waals surface area contributed by atoms with Gasteiger partial charge in [-0.25, -0.2) is 26.0 Å². The van der Waals surface area contributed by atoms with E-state index in [4.69, 9.17) is 0 Å². The zero-order valence-electron chi connectivity index (χ0n) is 5.81. The van der Waals surface area contributed by atoms with E-state index in [1.807, 2.05) is 0 Å². The Morgan fingerprint density at radius 2 is 1.92 bits per heavy atom. The summed E-state index contributed by atoms with van der Waals surface area (Å²) in [6.07, 6.45) is -2.91. The van der Waals surface area contributed by atoms with Crippen molar-refractivity contribution in [3.8, 4) is 0 Å². The molecule has 0 spiro atoms. The van der Waals surface area contributed by atoms with Crippen LogP contribution in [0.4, 0.5) is 17.6 Å². The summed E-state index contributed by atoms with van der Waals surface area (Å²) in [5, 5.41) is 0. The van der Waals surface area contributed by atoms with Crippen LogP contribution in [0.25, 0.3) is 0 Å². The first-order chi connectivity index (χ1) is 5.33. The van der Waals surface area contributed by atoms with Crippen LogP contribution < -0.4 is 0 Å². The smallest absolute Gasteiger partial charge is 0.235 e. The van der Waals surface area contributed by atoms with Gasteiger partial charge in [-0.05, 0) is 0 Å². The second-order valence-electron chi connectivity index (χ2n) is 2.73. The normalized spacial score (nSPS) is 46.3. The number of rotatable bonds is 1.